The summed E-state index contributed by atoms with van der Waals surface area (Å²) < 4.78 is 0. The Hall–Kier alpha value is -6.70. The molecule has 0 unspecified atom stereocenters. The van der Waals surface area contributed by atoms with Crippen LogP contribution >= 0.6 is 0 Å². The molecule has 0 aromatic heterocycles. The first-order valence-corrected chi connectivity index (χ1v) is 19.6. The highest BCUT2D eigenvalue weighted by atomic mass is 15.1. The first-order valence-electron chi connectivity index (χ1n) is 19.6. The van der Waals surface area contributed by atoms with E-state index in [9.17, 15) is 0 Å². The molecule has 8 aromatic rings. The number of nitrogens with zero attached hydrogens (tertiary/aromatic N) is 1. The van der Waals surface area contributed by atoms with Crippen LogP contribution in [0.15, 0.2) is 194 Å². The maximum atomic E-state index is 2.41. The van der Waals surface area contributed by atoms with Crippen LogP contribution in [0.2, 0.25) is 0 Å². The Labute approximate surface area is 331 Å². The zero-order valence-electron chi connectivity index (χ0n) is 32.5. The van der Waals surface area contributed by atoms with Crippen LogP contribution < -0.4 is 4.90 Å². The van der Waals surface area contributed by atoms with Gasteiger partial charge in [0.1, 0.15) is 0 Å². The summed E-state index contributed by atoms with van der Waals surface area (Å²) in [6.45, 7) is 9.17. The third-order valence-electron chi connectivity index (χ3n) is 11.5. The average Bonchev–Trinajstić information content (AvgIpc) is 3.47. The van der Waals surface area contributed by atoms with Crippen LogP contribution in [-0.4, -0.2) is 0 Å². The van der Waals surface area contributed by atoms with E-state index in [2.05, 4.69) is 233 Å². The van der Waals surface area contributed by atoms with Crippen molar-refractivity contribution in [3.05, 3.63) is 233 Å². The summed E-state index contributed by atoms with van der Waals surface area (Å²) in [5.41, 5.74) is 21.0. The Balaban J connectivity index is 1.12. The van der Waals surface area contributed by atoms with Crippen molar-refractivity contribution in [1.29, 1.82) is 0 Å². The summed E-state index contributed by atoms with van der Waals surface area (Å²) in [7, 11) is 0. The Kier molecular flexibility index (Phi) is 9.08. The van der Waals surface area contributed by atoms with Gasteiger partial charge >= 0.3 is 0 Å². The van der Waals surface area contributed by atoms with Gasteiger partial charge in [-0.1, -0.05) is 172 Å². The Morgan fingerprint density at radius 3 is 1.64 bits per heavy atom. The standard InChI is InChI=1S/C55H45N/c1-38-34-44(51(43-20-12-7-13-21-43)36-40-16-8-5-9-17-40)26-31-48(38)49-32-29-46(35-39(49)2)56(45-27-24-42(25-28-45)41-18-10-6-11-19-41)47-30-33-54-52(37-47)50-22-14-15-23-53(50)55(54,3)4/h5-37H,1-4H3. The molecule has 0 saturated carbocycles. The van der Waals surface area contributed by atoms with Crippen LogP contribution in [0.1, 0.15) is 52.8 Å². The lowest BCUT2D eigenvalue weighted by Crippen LogP contribution is -2.15. The van der Waals surface area contributed by atoms with Crippen molar-refractivity contribution >= 4 is 28.7 Å². The van der Waals surface area contributed by atoms with Crippen molar-refractivity contribution in [2.24, 2.45) is 0 Å². The molecule has 9 rings (SSSR count). The highest BCUT2D eigenvalue weighted by Gasteiger charge is 2.35. The number of anilines is 3. The highest BCUT2D eigenvalue weighted by Crippen LogP contribution is 2.51. The molecule has 0 atom stereocenters. The van der Waals surface area contributed by atoms with E-state index in [0.717, 1.165) is 17.1 Å². The smallest absolute Gasteiger partial charge is 0.0468 e. The summed E-state index contributed by atoms with van der Waals surface area (Å²) in [5, 5.41) is 0. The van der Waals surface area contributed by atoms with Crippen molar-refractivity contribution in [1.82, 2.24) is 0 Å². The van der Waals surface area contributed by atoms with Gasteiger partial charge in [0.2, 0.25) is 0 Å². The number of hydrogen-bond acceptors (Lipinski definition) is 1. The van der Waals surface area contributed by atoms with Gasteiger partial charge in [-0.15, -0.1) is 0 Å². The van der Waals surface area contributed by atoms with Crippen molar-refractivity contribution < 1.29 is 0 Å². The minimum absolute atomic E-state index is 0.0442. The van der Waals surface area contributed by atoms with Crippen LogP contribution in [0.25, 0.3) is 45.0 Å². The van der Waals surface area contributed by atoms with E-state index < -0.39 is 0 Å². The minimum Gasteiger partial charge on any atom is -0.310 e. The van der Waals surface area contributed by atoms with Crippen LogP contribution in [0.5, 0.6) is 0 Å². The predicted octanol–water partition coefficient (Wildman–Crippen LogP) is 15.0. The lowest BCUT2D eigenvalue weighted by atomic mass is 9.82. The first-order chi connectivity index (χ1) is 27.3. The molecule has 0 bridgehead atoms. The van der Waals surface area contributed by atoms with Gasteiger partial charge in [-0.25, -0.2) is 0 Å². The normalized spacial score (nSPS) is 12.9. The highest BCUT2D eigenvalue weighted by molar-refractivity contribution is 5.93. The van der Waals surface area contributed by atoms with Crippen molar-refractivity contribution in [3.8, 4) is 33.4 Å². The third-order valence-corrected chi connectivity index (χ3v) is 11.5. The molecular weight excluding hydrogens is 675 g/mol. The van der Waals surface area contributed by atoms with E-state index in [1.807, 2.05) is 0 Å². The fourth-order valence-electron chi connectivity index (χ4n) is 8.62. The zero-order valence-corrected chi connectivity index (χ0v) is 32.5. The second-order valence-corrected chi connectivity index (χ2v) is 15.5. The van der Waals surface area contributed by atoms with Gasteiger partial charge in [0, 0.05) is 22.5 Å². The Morgan fingerprint density at radius 2 is 0.946 bits per heavy atom. The molecule has 1 aliphatic carbocycles. The number of aryl methyl sites for hydroxylation is 2. The monoisotopic (exact) mass is 719 g/mol. The summed E-state index contributed by atoms with van der Waals surface area (Å²) in [5.74, 6) is 0. The lowest BCUT2D eigenvalue weighted by molar-refractivity contribution is 0.660. The molecule has 0 spiro atoms. The van der Waals surface area contributed by atoms with E-state index in [-0.39, 0.29) is 5.41 Å². The van der Waals surface area contributed by atoms with E-state index >= 15 is 0 Å². The second kappa shape index (κ2) is 14.5. The van der Waals surface area contributed by atoms with Gasteiger partial charge in [-0.05, 0) is 134 Å². The largest absolute Gasteiger partial charge is 0.310 e. The number of fused-ring (bicyclic) bond motifs is 3. The lowest BCUT2D eigenvalue weighted by Gasteiger charge is -2.28. The van der Waals surface area contributed by atoms with E-state index in [4.69, 9.17) is 0 Å². The molecule has 8 aromatic carbocycles. The summed E-state index contributed by atoms with van der Waals surface area (Å²) in [6.07, 6.45) is 2.29. The Bertz CT molecular complexity index is 2700. The van der Waals surface area contributed by atoms with Gasteiger partial charge in [-0.2, -0.15) is 0 Å². The molecular formula is C55H45N. The van der Waals surface area contributed by atoms with Crippen LogP contribution in [0.3, 0.4) is 0 Å². The van der Waals surface area contributed by atoms with Gasteiger partial charge in [0.15, 0.2) is 0 Å². The number of benzene rings is 8. The van der Waals surface area contributed by atoms with Gasteiger partial charge in [-0.3, -0.25) is 0 Å². The van der Waals surface area contributed by atoms with Crippen molar-refractivity contribution in [2.75, 3.05) is 4.90 Å². The summed E-state index contributed by atoms with van der Waals surface area (Å²) in [6, 6.07) is 70.7. The molecule has 270 valence electrons. The first kappa shape index (κ1) is 35.0. The molecule has 0 aliphatic heterocycles. The molecule has 1 nitrogen and oxygen atoms in total. The van der Waals surface area contributed by atoms with E-state index in [0.29, 0.717) is 0 Å². The summed E-state index contributed by atoms with van der Waals surface area (Å²) in [4.78, 5) is 2.41. The maximum absolute atomic E-state index is 2.41. The Morgan fingerprint density at radius 1 is 0.411 bits per heavy atom. The number of rotatable bonds is 8. The molecule has 0 saturated heterocycles. The van der Waals surface area contributed by atoms with Gasteiger partial charge in [0.05, 0.1) is 0 Å². The van der Waals surface area contributed by atoms with E-state index in [1.54, 1.807) is 0 Å². The molecule has 0 N–H and O–H groups in total. The van der Waals surface area contributed by atoms with Gasteiger partial charge < -0.3 is 4.90 Å². The molecule has 1 aliphatic rings. The van der Waals surface area contributed by atoms with Crippen LogP contribution in [-0.2, 0) is 5.41 Å². The zero-order chi connectivity index (χ0) is 38.2. The third kappa shape index (κ3) is 6.46. The molecule has 56 heavy (non-hydrogen) atoms. The molecule has 0 amide bonds. The number of hydrogen-bond donors (Lipinski definition) is 0. The van der Waals surface area contributed by atoms with Gasteiger partial charge in [0.25, 0.3) is 0 Å². The van der Waals surface area contributed by atoms with Crippen LogP contribution in [0, 0.1) is 13.8 Å². The van der Waals surface area contributed by atoms with Crippen molar-refractivity contribution in [2.45, 2.75) is 33.1 Å². The maximum Gasteiger partial charge on any atom is 0.0468 e. The summed E-state index contributed by atoms with van der Waals surface area (Å²) >= 11 is 0. The fraction of sp³-hybridized carbons (Fsp3) is 0.0909. The topological polar surface area (TPSA) is 3.24 Å². The second-order valence-electron chi connectivity index (χ2n) is 15.5. The van der Waals surface area contributed by atoms with E-state index in [1.165, 1.54) is 77.9 Å². The fourth-order valence-corrected chi connectivity index (χ4v) is 8.62. The SMILES string of the molecule is Cc1cc(C(=Cc2ccccc2)c2ccccc2)ccc1-c1ccc(N(c2ccc(-c3ccccc3)cc2)c2ccc3c(c2)-c2ccccc2C3(C)C)cc1C. The molecule has 0 heterocycles. The van der Waals surface area contributed by atoms with Crippen molar-refractivity contribution in [3.63, 3.8) is 0 Å². The quantitative estimate of drug-likeness (QED) is 0.141. The molecule has 1 heteroatoms. The van der Waals surface area contributed by atoms with Crippen LogP contribution in [0.4, 0.5) is 17.1 Å². The average molecular weight is 720 g/mol. The molecule has 0 fully saturated rings. The molecule has 0 radical (unpaired) electrons. The minimum atomic E-state index is -0.0442. The predicted molar refractivity (Wildman–Crippen MR) is 239 cm³/mol.